The van der Waals surface area contributed by atoms with Crippen LogP contribution in [0.1, 0.15) is 12.0 Å². The van der Waals surface area contributed by atoms with Gasteiger partial charge in [0.15, 0.2) is 0 Å². The number of halogens is 3. The fraction of sp³-hybridized carbons (Fsp3) is 0.455. The highest BCUT2D eigenvalue weighted by molar-refractivity contribution is 7.99. The number of thioether (sulfide) groups is 1. The zero-order chi connectivity index (χ0) is 14.7. The van der Waals surface area contributed by atoms with E-state index in [1.165, 1.54) is 17.8 Å². The van der Waals surface area contributed by atoms with Gasteiger partial charge in [0, 0.05) is 16.8 Å². The fourth-order valence-corrected chi connectivity index (χ4v) is 3.11. The first-order valence-electron chi connectivity index (χ1n) is 5.37. The highest BCUT2D eigenvalue weighted by Gasteiger charge is 2.30. The highest BCUT2D eigenvalue weighted by atomic mass is 32.2. The molecule has 0 aliphatic rings. The molecule has 1 aromatic carbocycles. The molecule has 0 aliphatic carbocycles. The van der Waals surface area contributed by atoms with Gasteiger partial charge in [0.2, 0.25) is 0 Å². The van der Waals surface area contributed by atoms with Crippen molar-refractivity contribution in [1.29, 1.82) is 0 Å². The van der Waals surface area contributed by atoms with Crippen LogP contribution in [0.5, 0.6) is 0 Å². The number of hydrogen-bond donors (Lipinski definition) is 1. The van der Waals surface area contributed by atoms with Gasteiger partial charge in [0.1, 0.15) is 9.84 Å². The summed E-state index contributed by atoms with van der Waals surface area (Å²) in [6.07, 6.45) is -2.83. The van der Waals surface area contributed by atoms with Crippen molar-refractivity contribution in [3.63, 3.8) is 0 Å². The van der Waals surface area contributed by atoms with E-state index in [1.54, 1.807) is 0 Å². The number of sulfone groups is 1. The zero-order valence-corrected chi connectivity index (χ0v) is 11.8. The van der Waals surface area contributed by atoms with E-state index < -0.39 is 21.6 Å². The average Bonchev–Trinajstić information content (AvgIpc) is 2.23. The molecule has 0 unspecified atom stereocenters. The van der Waals surface area contributed by atoms with E-state index in [0.29, 0.717) is 17.1 Å². The van der Waals surface area contributed by atoms with E-state index in [0.717, 1.165) is 18.4 Å². The van der Waals surface area contributed by atoms with Gasteiger partial charge in [-0.25, -0.2) is 8.42 Å². The first-order valence-corrected chi connectivity index (χ1v) is 8.41. The maximum Gasteiger partial charge on any atom is 0.416 e. The molecular formula is C11H14F3NO2S2. The second kappa shape index (κ2) is 6.04. The first kappa shape index (κ1) is 16.2. The van der Waals surface area contributed by atoms with Crippen molar-refractivity contribution in [3.8, 4) is 0 Å². The summed E-state index contributed by atoms with van der Waals surface area (Å²) in [7, 11) is -3.01. The number of alkyl halides is 3. The summed E-state index contributed by atoms with van der Waals surface area (Å²) < 4.78 is 59.0. The van der Waals surface area contributed by atoms with Crippen LogP contribution in [0.15, 0.2) is 23.1 Å². The molecule has 0 radical (unpaired) electrons. The van der Waals surface area contributed by atoms with E-state index in [4.69, 9.17) is 5.73 Å². The Kier molecular flexibility index (Phi) is 5.14. The van der Waals surface area contributed by atoms with Crippen molar-refractivity contribution in [2.24, 2.45) is 0 Å². The van der Waals surface area contributed by atoms with Crippen LogP contribution < -0.4 is 5.73 Å². The van der Waals surface area contributed by atoms with Gasteiger partial charge in [-0.3, -0.25) is 0 Å². The summed E-state index contributed by atoms with van der Waals surface area (Å²) in [5, 5.41) is 0. The summed E-state index contributed by atoms with van der Waals surface area (Å²) in [5.74, 6) is 0.545. The van der Waals surface area contributed by atoms with E-state index in [9.17, 15) is 21.6 Å². The van der Waals surface area contributed by atoms with Gasteiger partial charge in [-0.05, 0) is 30.4 Å². The maximum atomic E-state index is 12.4. The maximum absolute atomic E-state index is 12.4. The Labute approximate surface area is 114 Å². The second-order valence-corrected chi connectivity index (χ2v) is 7.48. The summed E-state index contributed by atoms with van der Waals surface area (Å²) in [6.45, 7) is 0. The van der Waals surface area contributed by atoms with Gasteiger partial charge in [0.25, 0.3) is 0 Å². The second-order valence-electron chi connectivity index (χ2n) is 4.08. The molecule has 0 amide bonds. The van der Waals surface area contributed by atoms with Crippen molar-refractivity contribution >= 4 is 27.3 Å². The van der Waals surface area contributed by atoms with Crippen LogP contribution in [0.3, 0.4) is 0 Å². The van der Waals surface area contributed by atoms with Crippen LogP contribution in [0.25, 0.3) is 0 Å². The Hall–Kier alpha value is -0.890. The number of hydrogen-bond acceptors (Lipinski definition) is 4. The fourth-order valence-electron chi connectivity index (χ4n) is 1.36. The Bertz CT molecular complexity index is 541. The molecule has 0 aliphatic heterocycles. The van der Waals surface area contributed by atoms with Crippen molar-refractivity contribution in [2.75, 3.05) is 23.5 Å². The SMILES string of the molecule is CS(=O)(=O)CCCSc1ccc(C(F)(F)F)cc1N. The van der Waals surface area contributed by atoms with E-state index in [-0.39, 0.29) is 11.4 Å². The third kappa shape index (κ3) is 5.73. The molecule has 0 atom stereocenters. The van der Waals surface area contributed by atoms with Crippen LogP contribution in [-0.2, 0) is 16.0 Å². The monoisotopic (exact) mass is 313 g/mol. The Morgan fingerprint density at radius 3 is 2.42 bits per heavy atom. The van der Waals surface area contributed by atoms with Crippen LogP contribution in [0, 0.1) is 0 Å². The van der Waals surface area contributed by atoms with Gasteiger partial charge < -0.3 is 5.73 Å². The third-order valence-corrected chi connectivity index (χ3v) is 4.46. The van der Waals surface area contributed by atoms with E-state index in [2.05, 4.69) is 0 Å². The minimum absolute atomic E-state index is 0.0548. The molecule has 0 spiro atoms. The standard InChI is InChI=1S/C11H14F3NO2S2/c1-19(16,17)6-2-5-18-10-4-3-8(7-9(10)15)11(12,13)14/h3-4,7H,2,5-6,15H2,1H3. The number of rotatable bonds is 5. The van der Waals surface area contributed by atoms with Gasteiger partial charge >= 0.3 is 6.18 Å². The number of benzene rings is 1. The zero-order valence-electron chi connectivity index (χ0n) is 10.2. The molecule has 0 aromatic heterocycles. The van der Waals surface area contributed by atoms with Gasteiger partial charge in [-0.15, -0.1) is 11.8 Å². The molecule has 2 N–H and O–H groups in total. The molecular weight excluding hydrogens is 299 g/mol. The smallest absolute Gasteiger partial charge is 0.398 e. The predicted molar refractivity (Wildman–Crippen MR) is 70.9 cm³/mol. The summed E-state index contributed by atoms with van der Waals surface area (Å²) in [6, 6.07) is 3.16. The highest BCUT2D eigenvalue weighted by Crippen LogP contribution is 2.34. The summed E-state index contributed by atoms with van der Waals surface area (Å²) in [4.78, 5) is 0.529. The van der Waals surface area contributed by atoms with Crippen molar-refractivity contribution in [2.45, 2.75) is 17.5 Å². The van der Waals surface area contributed by atoms with Crippen LogP contribution in [0.4, 0.5) is 18.9 Å². The summed E-state index contributed by atoms with van der Waals surface area (Å²) >= 11 is 1.25. The lowest BCUT2D eigenvalue weighted by Crippen LogP contribution is -2.06. The largest absolute Gasteiger partial charge is 0.416 e. The molecule has 8 heteroatoms. The van der Waals surface area contributed by atoms with Crippen molar-refractivity contribution in [1.82, 2.24) is 0 Å². The Morgan fingerprint density at radius 2 is 1.95 bits per heavy atom. The van der Waals surface area contributed by atoms with Crippen LogP contribution in [0.2, 0.25) is 0 Å². The molecule has 0 heterocycles. The molecule has 3 nitrogen and oxygen atoms in total. The van der Waals surface area contributed by atoms with E-state index in [1.807, 2.05) is 0 Å². The Balaban J connectivity index is 2.61. The number of nitrogen functional groups attached to an aromatic ring is 1. The van der Waals surface area contributed by atoms with Gasteiger partial charge in [-0.2, -0.15) is 13.2 Å². The lowest BCUT2D eigenvalue weighted by Gasteiger charge is -2.10. The molecule has 1 rings (SSSR count). The number of nitrogens with two attached hydrogens (primary N) is 1. The lowest BCUT2D eigenvalue weighted by molar-refractivity contribution is -0.137. The van der Waals surface area contributed by atoms with Crippen LogP contribution >= 0.6 is 11.8 Å². The molecule has 0 saturated heterocycles. The van der Waals surface area contributed by atoms with E-state index >= 15 is 0 Å². The normalized spacial score (nSPS) is 12.6. The molecule has 0 fully saturated rings. The molecule has 0 bridgehead atoms. The van der Waals surface area contributed by atoms with Gasteiger partial charge in [0.05, 0.1) is 11.3 Å². The molecule has 19 heavy (non-hydrogen) atoms. The predicted octanol–water partition coefficient (Wildman–Crippen LogP) is 2.81. The quantitative estimate of drug-likeness (QED) is 0.516. The van der Waals surface area contributed by atoms with Gasteiger partial charge in [-0.1, -0.05) is 0 Å². The first-order chi connectivity index (χ1) is 8.59. The third-order valence-electron chi connectivity index (χ3n) is 2.25. The average molecular weight is 313 g/mol. The number of anilines is 1. The summed E-state index contributed by atoms with van der Waals surface area (Å²) in [5.41, 5.74) is 4.82. The minimum atomic E-state index is -4.41. The molecule has 1 aromatic rings. The minimum Gasteiger partial charge on any atom is -0.398 e. The van der Waals surface area contributed by atoms with Crippen molar-refractivity contribution in [3.05, 3.63) is 23.8 Å². The van der Waals surface area contributed by atoms with Crippen molar-refractivity contribution < 1.29 is 21.6 Å². The van der Waals surface area contributed by atoms with Crippen LogP contribution in [-0.4, -0.2) is 26.2 Å². The topological polar surface area (TPSA) is 60.2 Å². The molecule has 108 valence electrons. The molecule has 0 saturated carbocycles. The Morgan fingerprint density at radius 1 is 1.32 bits per heavy atom. The lowest BCUT2D eigenvalue weighted by atomic mass is 10.2.